The number of anilines is 1. The smallest absolute Gasteiger partial charge is 0.137 e. The third kappa shape index (κ3) is 3.07. The average molecular weight is 375 g/mol. The zero-order chi connectivity index (χ0) is 13.8. The molecule has 0 radical (unpaired) electrons. The number of benzene rings is 2. The van der Waals surface area contributed by atoms with Gasteiger partial charge in [0.25, 0.3) is 0 Å². The quantitative estimate of drug-likeness (QED) is 0.704. The molecule has 0 saturated heterocycles. The van der Waals surface area contributed by atoms with Gasteiger partial charge in [-0.2, -0.15) is 0 Å². The lowest BCUT2D eigenvalue weighted by Crippen LogP contribution is -2.07. The molecule has 0 bridgehead atoms. The molecule has 20 heavy (non-hydrogen) atoms. The molecule has 0 unspecified atom stereocenters. The minimum Gasteiger partial charge on any atom is -0.369 e. The molecule has 1 aromatic heterocycles. The molecule has 3 aromatic rings. The maximum atomic E-state index is 4.35. The number of nitrogens with one attached hydrogen (secondary N) is 1. The number of rotatable bonds is 4. The van der Waals surface area contributed by atoms with Crippen molar-refractivity contribution in [3.05, 3.63) is 64.0 Å². The Morgan fingerprint density at radius 1 is 1.00 bits per heavy atom. The van der Waals surface area contributed by atoms with Crippen molar-refractivity contribution in [2.45, 2.75) is 6.42 Å². The molecule has 1 heterocycles. The van der Waals surface area contributed by atoms with Gasteiger partial charge in [0.15, 0.2) is 0 Å². The lowest BCUT2D eigenvalue weighted by molar-refractivity contribution is 1.01. The zero-order valence-electron chi connectivity index (χ0n) is 10.9. The Labute approximate surface area is 131 Å². The van der Waals surface area contributed by atoms with Crippen LogP contribution in [0.3, 0.4) is 0 Å². The van der Waals surface area contributed by atoms with Gasteiger partial charge in [-0.3, -0.25) is 0 Å². The van der Waals surface area contributed by atoms with Crippen molar-refractivity contribution < 1.29 is 0 Å². The van der Waals surface area contributed by atoms with Crippen LogP contribution in [-0.2, 0) is 6.42 Å². The molecular formula is C16H14IN3. The third-order valence-corrected chi connectivity index (χ3v) is 3.82. The van der Waals surface area contributed by atoms with E-state index in [0.717, 1.165) is 29.7 Å². The molecule has 0 spiro atoms. The molecule has 3 nitrogen and oxygen atoms in total. The first-order valence-electron chi connectivity index (χ1n) is 6.51. The number of halogens is 1. The van der Waals surface area contributed by atoms with E-state index < -0.39 is 0 Å². The second kappa shape index (κ2) is 6.17. The van der Waals surface area contributed by atoms with Crippen molar-refractivity contribution >= 4 is 39.3 Å². The lowest BCUT2D eigenvalue weighted by Gasteiger charge is -2.08. The molecule has 4 heteroatoms. The van der Waals surface area contributed by atoms with E-state index in [2.05, 4.69) is 74.3 Å². The summed E-state index contributed by atoms with van der Waals surface area (Å²) in [5.74, 6) is 0.907. The normalized spacial score (nSPS) is 10.7. The van der Waals surface area contributed by atoms with Crippen LogP contribution in [0.4, 0.5) is 5.82 Å². The van der Waals surface area contributed by atoms with Gasteiger partial charge < -0.3 is 5.32 Å². The molecular weight excluding hydrogens is 361 g/mol. The van der Waals surface area contributed by atoms with Crippen molar-refractivity contribution in [3.8, 4) is 0 Å². The molecule has 3 rings (SSSR count). The van der Waals surface area contributed by atoms with Crippen LogP contribution in [0.5, 0.6) is 0 Å². The summed E-state index contributed by atoms with van der Waals surface area (Å²) in [5.41, 5.74) is 2.30. The Bertz CT molecular complexity index is 713. The van der Waals surface area contributed by atoms with E-state index in [0.29, 0.717) is 0 Å². The van der Waals surface area contributed by atoms with Crippen molar-refractivity contribution in [3.63, 3.8) is 0 Å². The Morgan fingerprint density at radius 3 is 2.70 bits per heavy atom. The molecule has 1 N–H and O–H groups in total. The number of fused-ring (bicyclic) bond motifs is 1. The second-order valence-electron chi connectivity index (χ2n) is 4.55. The molecule has 2 aromatic carbocycles. The molecule has 0 aliphatic heterocycles. The summed E-state index contributed by atoms with van der Waals surface area (Å²) in [6.07, 6.45) is 2.59. The van der Waals surface area contributed by atoms with Crippen LogP contribution in [0.1, 0.15) is 5.56 Å². The first-order chi connectivity index (χ1) is 9.83. The van der Waals surface area contributed by atoms with E-state index in [9.17, 15) is 0 Å². The van der Waals surface area contributed by atoms with Crippen LogP contribution in [0.2, 0.25) is 0 Å². The highest BCUT2D eigenvalue weighted by molar-refractivity contribution is 14.1. The van der Waals surface area contributed by atoms with Gasteiger partial charge in [0, 0.05) is 15.5 Å². The number of nitrogens with zero attached hydrogens (tertiary/aromatic N) is 2. The molecule has 0 aliphatic carbocycles. The largest absolute Gasteiger partial charge is 0.369 e. The Balaban J connectivity index is 1.76. The van der Waals surface area contributed by atoms with E-state index in [1.54, 1.807) is 6.33 Å². The summed E-state index contributed by atoms with van der Waals surface area (Å²) >= 11 is 2.31. The highest BCUT2D eigenvalue weighted by atomic mass is 127. The third-order valence-electron chi connectivity index (χ3n) is 3.15. The highest BCUT2D eigenvalue weighted by Crippen LogP contribution is 2.21. The van der Waals surface area contributed by atoms with E-state index in [1.165, 1.54) is 9.13 Å². The standard InChI is InChI=1S/C16H14IN3/c17-13-6-7-15-14(10-13)16(20-11-19-15)18-9-8-12-4-2-1-3-5-12/h1-7,10-11H,8-9H2,(H,18,19,20). The van der Waals surface area contributed by atoms with Crippen molar-refractivity contribution in [1.82, 2.24) is 9.97 Å². The monoisotopic (exact) mass is 375 g/mol. The van der Waals surface area contributed by atoms with Crippen molar-refractivity contribution in [1.29, 1.82) is 0 Å². The SMILES string of the molecule is Ic1ccc2ncnc(NCCc3ccccc3)c2c1. The van der Waals surface area contributed by atoms with Gasteiger partial charge >= 0.3 is 0 Å². The average Bonchev–Trinajstić information content (AvgIpc) is 2.49. The Kier molecular flexibility index (Phi) is 4.11. The summed E-state index contributed by atoms with van der Waals surface area (Å²) < 4.78 is 1.19. The summed E-state index contributed by atoms with van der Waals surface area (Å²) in [7, 11) is 0. The fourth-order valence-corrected chi connectivity index (χ4v) is 2.63. The number of hydrogen-bond acceptors (Lipinski definition) is 3. The topological polar surface area (TPSA) is 37.8 Å². The van der Waals surface area contributed by atoms with Crippen LogP contribution >= 0.6 is 22.6 Å². The van der Waals surface area contributed by atoms with Crippen molar-refractivity contribution in [2.75, 3.05) is 11.9 Å². The lowest BCUT2D eigenvalue weighted by atomic mass is 10.1. The minimum atomic E-state index is 0.863. The highest BCUT2D eigenvalue weighted by Gasteiger charge is 2.03. The molecule has 0 fully saturated rings. The zero-order valence-corrected chi connectivity index (χ0v) is 13.0. The van der Waals surface area contributed by atoms with Gasteiger partial charge in [0.1, 0.15) is 12.1 Å². The van der Waals surface area contributed by atoms with E-state index >= 15 is 0 Å². The Morgan fingerprint density at radius 2 is 1.85 bits per heavy atom. The van der Waals surface area contributed by atoms with E-state index in [1.807, 2.05) is 12.1 Å². The summed E-state index contributed by atoms with van der Waals surface area (Å²) in [6, 6.07) is 16.7. The fourth-order valence-electron chi connectivity index (χ4n) is 2.14. The predicted octanol–water partition coefficient (Wildman–Crippen LogP) is 3.89. The van der Waals surface area contributed by atoms with Crippen LogP contribution in [0, 0.1) is 3.57 Å². The van der Waals surface area contributed by atoms with Gasteiger partial charge in [-0.15, -0.1) is 0 Å². The number of aromatic nitrogens is 2. The van der Waals surface area contributed by atoms with Crippen LogP contribution in [0.25, 0.3) is 10.9 Å². The van der Waals surface area contributed by atoms with Gasteiger partial charge in [0.05, 0.1) is 5.52 Å². The fraction of sp³-hybridized carbons (Fsp3) is 0.125. The first kappa shape index (κ1) is 13.3. The van der Waals surface area contributed by atoms with Crippen LogP contribution in [-0.4, -0.2) is 16.5 Å². The van der Waals surface area contributed by atoms with Gasteiger partial charge in [0.2, 0.25) is 0 Å². The first-order valence-corrected chi connectivity index (χ1v) is 7.59. The predicted molar refractivity (Wildman–Crippen MR) is 90.9 cm³/mol. The molecule has 100 valence electrons. The van der Waals surface area contributed by atoms with E-state index in [-0.39, 0.29) is 0 Å². The van der Waals surface area contributed by atoms with Crippen LogP contribution < -0.4 is 5.32 Å². The summed E-state index contributed by atoms with van der Waals surface area (Å²) in [5, 5.41) is 4.49. The maximum Gasteiger partial charge on any atom is 0.137 e. The summed E-state index contributed by atoms with van der Waals surface area (Å²) in [4.78, 5) is 8.65. The van der Waals surface area contributed by atoms with Crippen molar-refractivity contribution in [2.24, 2.45) is 0 Å². The van der Waals surface area contributed by atoms with Crippen LogP contribution in [0.15, 0.2) is 54.9 Å². The maximum absolute atomic E-state index is 4.35. The summed E-state index contributed by atoms with van der Waals surface area (Å²) in [6.45, 7) is 0.863. The van der Waals surface area contributed by atoms with Gasteiger partial charge in [-0.1, -0.05) is 30.3 Å². The molecule has 0 atom stereocenters. The number of hydrogen-bond donors (Lipinski definition) is 1. The van der Waals surface area contributed by atoms with Gasteiger partial charge in [-0.25, -0.2) is 9.97 Å². The van der Waals surface area contributed by atoms with Gasteiger partial charge in [-0.05, 0) is 52.8 Å². The Hall–Kier alpha value is -1.69. The second-order valence-corrected chi connectivity index (χ2v) is 5.79. The minimum absolute atomic E-state index is 0.863. The molecule has 0 aliphatic rings. The van der Waals surface area contributed by atoms with E-state index in [4.69, 9.17) is 0 Å². The molecule has 0 amide bonds. The molecule has 0 saturated carbocycles.